The summed E-state index contributed by atoms with van der Waals surface area (Å²) < 4.78 is 5.87. The van der Waals surface area contributed by atoms with Gasteiger partial charge in [-0.2, -0.15) is 0 Å². The van der Waals surface area contributed by atoms with Gasteiger partial charge in [-0.1, -0.05) is 42.5 Å². The lowest BCUT2D eigenvalue weighted by Crippen LogP contribution is -2.46. The van der Waals surface area contributed by atoms with Crippen LogP contribution >= 0.6 is 0 Å². The molecule has 1 fully saturated rings. The van der Waals surface area contributed by atoms with Crippen LogP contribution in [0.25, 0.3) is 11.1 Å². The van der Waals surface area contributed by atoms with Crippen molar-refractivity contribution in [2.24, 2.45) is 0 Å². The highest BCUT2D eigenvalue weighted by Crippen LogP contribution is 2.25. The Morgan fingerprint density at radius 2 is 2.07 bits per heavy atom. The number of hydrogen-bond donors (Lipinski definition) is 2. The molecule has 2 heterocycles. The Labute approximate surface area is 167 Å². The van der Waals surface area contributed by atoms with Crippen LogP contribution in [-0.4, -0.2) is 35.4 Å². The third kappa shape index (κ3) is 5.09. The molecule has 0 saturated carbocycles. The van der Waals surface area contributed by atoms with E-state index in [0.717, 1.165) is 41.8 Å². The van der Waals surface area contributed by atoms with Crippen LogP contribution in [0.15, 0.2) is 66.5 Å². The van der Waals surface area contributed by atoms with Gasteiger partial charge in [0.15, 0.2) is 0 Å². The topological polar surface area (TPSA) is 54.4 Å². The minimum atomic E-state index is -0.369. The van der Waals surface area contributed by atoms with Gasteiger partial charge < -0.3 is 15.2 Å². The molecular weight excluding hydrogens is 348 g/mol. The van der Waals surface area contributed by atoms with Gasteiger partial charge in [-0.05, 0) is 61.4 Å². The van der Waals surface area contributed by atoms with Gasteiger partial charge in [-0.25, -0.2) is 0 Å². The molecule has 0 radical (unpaired) electrons. The molecule has 1 saturated heterocycles. The van der Waals surface area contributed by atoms with Crippen molar-refractivity contribution in [2.45, 2.75) is 44.2 Å². The first kappa shape index (κ1) is 18.9. The van der Waals surface area contributed by atoms with E-state index in [1.54, 1.807) is 6.20 Å². The summed E-state index contributed by atoms with van der Waals surface area (Å²) in [5.41, 5.74) is 4.51. The van der Waals surface area contributed by atoms with Gasteiger partial charge in [-0.3, -0.25) is 4.98 Å². The Balaban J connectivity index is 1.40. The second-order valence-electron chi connectivity index (χ2n) is 7.68. The van der Waals surface area contributed by atoms with Crippen molar-refractivity contribution in [3.8, 4) is 16.9 Å². The van der Waals surface area contributed by atoms with E-state index in [4.69, 9.17) is 4.74 Å². The van der Waals surface area contributed by atoms with Crippen LogP contribution in [0.1, 0.15) is 31.2 Å². The first-order valence-corrected chi connectivity index (χ1v) is 10.2. The van der Waals surface area contributed by atoms with Gasteiger partial charge >= 0.3 is 0 Å². The number of allylic oxidation sites excluding steroid dienone is 3. The predicted molar refractivity (Wildman–Crippen MR) is 112 cm³/mol. The molecule has 4 nitrogen and oxygen atoms in total. The molecule has 146 valence electrons. The summed E-state index contributed by atoms with van der Waals surface area (Å²) >= 11 is 0. The lowest BCUT2D eigenvalue weighted by molar-refractivity contribution is 0.176. The number of aliphatic hydroxyl groups is 1. The predicted octanol–water partition coefficient (Wildman–Crippen LogP) is 4.06. The van der Waals surface area contributed by atoms with Gasteiger partial charge in [0.05, 0.1) is 12.3 Å². The quantitative estimate of drug-likeness (QED) is 0.730. The zero-order chi connectivity index (χ0) is 19.2. The largest absolute Gasteiger partial charge is 0.490 e. The van der Waals surface area contributed by atoms with Gasteiger partial charge in [0.1, 0.15) is 12.4 Å². The number of aliphatic hydroxyl groups excluding tert-OH is 1. The molecule has 0 amide bonds. The number of nitrogens with one attached hydrogen (secondary N) is 1. The number of aromatic nitrogens is 1. The van der Waals surface area contributed by atoms with Crippen LogP contribution in [0.2, 0.25) is 0 Å². The Kier molecular flexibility index (Phi) is 6.20. The van der Waals surface area contributed by atoms with E-state index in [1.165, 1.54) is 12.0 Å². The Hall–Kier alpha value is -2.43. The van der Waals surface area contributed by atoms with Gasteiger partial charge in [0.2, 0.25) is 0 Å². The highest BCUT2D eigenvalue weighted by atomic mass is 16.5. The van der Waals surface area contributed by atoms with Crippen molar-refractivity contribution in [3.63, 3.8) is 0 Å². The summed E-state index contributed by atoms with van der Waals surface area (Å²) in [5, 5.41) is 13.8. The third-order valence-corrected chi connectivity index (χ3v) is 5.36. The normalized spacial score (nSPS) is 19.6. The van der Waals surface area contributed by atoms with Crippen molar-refractivity contribution in [1.29, 1.82) is 0 Å². The monoisotopic (exact) mass is 376 g/mol. The second-order valence-corrected chi connectivity index (χ2v) is 7.68. The first-order chi connectivity index (χ1) is 13.8. The van der Waals surface area contributed by atoms with Gasteiger partial charge in [0.25, 0.3) is 0 Å². The zero-order valence-corrected chi connectivity index (χ0v) is 16.2. The van der Waals surface area contributed by atoms with Crippen LogP contribution < -0.4 is 10.1 Å². The zero-order valence-electron chi connectivity index (χ0n) is 16.2. The fourth-order valence-electron chi connectivity index (χ4n) is 3.66. The third-order valence-electron chi connectivity index (χ3n) is 5.36. The summed E-state index contributed by atoms with van der Waals surface area (Å²) in [6, 6.07) is 10.8. The van der Waals surface area contributed by atoms with Crippen molar-refractivity contribution < 1.29 is 9.84 Å². The van der Waals surface area contributed by atoms with E-state index >= 15 is 0 Å². The molecule has 1 aliphatic carbocycles. The van der Waals surface area contributed by atoms with Crippen LogP contribution in [0.4, 0.5) is 0 Å². The standard InChI is InChI=1S/C24H28N2O2/c27-23(12-18-5-2-1-3-6-18)13-19-7-4-8-20(11-19)21-14-24(16-25-15-21)28-17-22-9-10-26-22/h2,4-8,11,14-16,22-23,26-27H,1,3,9-10,12-13,17H2. The lowest BCUT2D eigenvalue weighted by Gasteiger charge is -2.27. The highest BCUT2D eigenvalue weighted by molar-refractivity contribution is 5.64. The molecule has 2 unspecified atom stereocenters. The molecule has 2 N–H and O–H groups in total. The highest BCUT2D eigenvalue weighted by Gasteiger charge is 2.17. The fourth-order valence-corrected chi connectivity index (χ4v) is 3.66. The number of nitrogens with zero attached hydrogens (tertiary/aromatic N) is 1. The smallest absolute Gasteiger partial charge is 0.138 e. The Morgan fingerprint density at radius 3 is 2.86 bits per heavy atom. The minimum absolute atomic E-state index is 0.369. The average Bonchev–Trinajstić information content (AvgIpc) is 2.68. The molecule has 28 heavy (non-hydrogen) atoms. The van der Waals surface area contributed by atoms with Gasteiger partial charge in [-0.15, -0.1) is 0 Å². The molecule has 2 atom stereocenters. The van der Waals surface area contributed by atoms with Crippen molar-refractivity contribution in [3.05, 3.63) is 72.1 Å². The van der Waals surface area contributed by atoms with Gasteiger partial charge in [0, 0.05) is 17.8 Å². The molecule has 2 aliphatic rings. The lowest BCUT2D eigenvalue weighted by atomic mass is 9.96. The number of benzene rings is 1. The second kappa shape index (κ2) is 9.18. The number of ether oxygens (including phenoxy) is 1. The van der Waals surface area contributed by atoms with E-state index < -0.39 is 0 Å². The van der Waals surface area contributed by atoms with Crippen LogP contribution in [-0.2, 0) is 6.42 Å². The Bertz CT molecular complexity index is 855. The maximum Gasteiger partial charge on any atom is 0.138 e. The average molecular weight is 377 g/mol. The van der Waals surface area contributed by atoms with Crippen molar-refractivity contribution in [2.75, 3.05) is 13.2 Å². The summed E-state index contributed by atoms with van der Waals surface area (Å²) in [4.78, 5) is 4.34. The number of rotatable bonds is 8. The Morgan fingerprint density at radius 1 is 1.14 bits per heavy atom. The van der Waals surface area contributed by atoms with Crippen molar-refractivity contribution >= 4 is 0 Å². The van der Waals surface area contributed by atoms with E-state index in [0.29, 0.717) is 25.5 Å². The number of hydrogen-bond acceptors (Lipinski definition) is 4. The maximum absolute atomic E-state index is 10.5. The summed E-state index contributed by atoms with van der Waals surface area (Å²) in [6.07, 6.45) is 14.5. The molecule has 1 aromatic carbocycles. The van der Waals surface area contributed by atoms with Crippen LogP contribution in [0.3, 0.4) is 0 Å². The molecule has 4 heteroatoms. The first-order valence-electron chi connectivity index (χ1n) is 10.2. The molecular formula is C24H28N2O2. The summed E-state index contributed by atoms with van der Waals surface area (Å²) in [5.74, 6) is 0.799. The van der Waals surface area contributed by atoms with Crippen molar-refractivity contribution in [1.82, 2.24) is 10.3 Å². The van der Waals surface area contributed by atoms with E-state index in [1.807, 2.05) is 18.3 Å². The molecule has 4 rings (SSSR count). The molecule has 1 aromatic heterocycles. The number of pyridine rings is 1. The molecule has 1 aliphatic heterocycles. The van der Waals surface area contributed by atoms with E-state index in [9.17, 15) is 5.11 Å². The summed E-state index contributed by atoms with van der Waals surface area (Å²) in [7, 11) is 0. The molecule has 2 aromatic rings. The minimum Gasteiger partial charge on any atom is -0.490 e. The van der Waals surface area contributed by atoms with Crippen LogP contribution in [0, 0.1) is 0 Å². The molecule has 0 bridgehead atoms. The maximum atomic E-state index is 10.5. The van der Waals surface area contributed by atoms with E-state index in [2.05, 4.69) is 46.7 Å². The SMILES string of the molecule is OC(CC1=CCCC=C1)Cc1cccc(-c2cncc(OCC3CCN3)c2)c1. The molecule has 0 spiro atoms. The fraction of sp³-hybridized carbons (Fsp3) is 0.375. The van der Waals surface area contributed by atoms with Crippen LogP contribution in [0.5, 0.6) is 5.75 Å². The summed E-state index contributed by atoms with van der Waals surface area (Å²) in [6.45, 7) is 1.76. The van der Waals surface area contributed by atoms with E-state index in [-0.39, 0.29) is 6.10 Å².